The van der Waals surface area contributed by atoms with Crippen LogP contribution < -0.4 is 10.6 Å². The van der Waals surface area contributed by atoms with E-state index in [4.69, 9.17) is 4.98 Å². The number of nitrogens with zero attached hydrogens (tertiary/aromatic N) is 4. The van der Waals surface area contributed by atoms with Gasteiger partial charge in [0, 0.05) is 42.1 Å². The van der Waals surface area contributed by atoms with Crippen molar-refractivity contribution in [1.82, 2.24) is 25.1 Å². The van der Waals surface area contributed by atoms with E-state index in [2.05, 4.69) is 48.4 Å². The number of hydrogen-bond acceptors (Lipinski definition) is 5. The molecule has 0 saturated carbocycles. The standard InChI is InChI=1S/C18H28N6/c1-12-14(11-24(6)22-12)15-7-8-19-16(21-15)20-13-9-17(2,3)23-18(4,5)10-13/h7-8,11,13,23H,9-10H2,1-6H3,(H,19,20,21). The molecule has 0 radical (unpaired) electrons. The first-order valence-corrected chi connectivity index (χ1v) is 8.53. The van der Waals surface area contributed by atoms with Gasteiger partial charge in [0.25, 0.3) is 0 Å². The Morgan fingerprint density at radius 2 is 1.88 bits per heavy atom. The maximum atomic E-state index is 4.71. The minimum atomic E-state index is 0.0942. The van der Waals surface area contributed by atoms with Crippen molar-refractivity contribution in [2.24, 2.45) is 7.05 Å². The van der Waals surface area contributed by atoms with Crippen LogP contribution in [0.4, 0.5) is 5.95 Å². The van der Waals surface area contributed by atoms with Crippen LogP contribution >= 0.6 is 0 Å². The van der Waals surface area contributed by atoms with Gasteiger partial charge in [-0.15, -0.1) is 0 Å². The van der Waals surface area contributed by atoms with Crippen LogP contribution in [0.5, 0.6) is 0 Å². The van der Waals surface area contributed by atoms with Crippen LogP contribution in [0.15, 0.2) is 18.5 Å². The largest absolute Gasteiger partial charge is 0.351 e. The Kier molecular flexibility index (Phi) is 4.11. The minimum Gasteiger partial charge on any atom is -0.351 e. The SMILES string of the molecule is Cc1nn(C)cc1-c1ccnc(NC2CC(C)(C)NC(C)(C)C2)n1. The fourth-order valence-electron chi connectivity index (χ4n) is 4.04. The number of anilines is 1. The molecule has 2 N–H and O–H groups in total. The second-order valence-electron chi connectivity index (χ2n) is 8.21. The Labute approximate surface area is 144 Å². The quantitative estimate of drug-likeness (QED) is 0.907. The molecule has 1 aliphatic rings. The summed E-state index contributed by atoms with van der Waals surface area (Å²) in [4.78, 5) is 9.13. The van der Waals surface area contributed by atoms with Gasteiger partial charge in [0.15, 0.2) is 0 Å². The van der Waals surface area contributed by atoms with Gasteiger partial charge in [-0.1, -0.05) is 0 Å². The average Bonchev–Trinajstić information content (AvgIpc) is 2.74. The van der Waals surface area contributed by atoms with Crippen LogP contribution in [0.1, 0.15) is 46.2 Å². The summed E-state index contributed by atoms with van der Waals surface area (Å²) in [6.45, 7) is 11.0. The highest BCUT2D eigenvalue weighted by Crippen LogP contribution is 2.30. The molecular weight excluding hydrogens is 300 g/mol. The summed E-state index contributed by atoms with van der Waals surface area (Å²) in [5.41, 5.74) is 3.12. The third-order valence-corrected chi connectivity index (χ3v) is 4.47. The molecule has 1 aliphatic heterocycles. The lowest BCUT2D eigenvalue weighted by Crippen LogP contribution is -2.60. The zero-order valence-corrected chi connectivity index (χ0v) is 15.5. The predicted octanol–water partition coefficient (Wildman–Crippen LogP) is 2.91. The summed E-state index contributed by atoms with van der Waals surface area (Å²) in [5, 5.41) is 11.6. The molecule has 1 saturated heterocycles. The van der Waals surface area contributed by atoms with Gasteiger partial charge in [0.05, 0.1) is 11.4 Å². The molecule has 0 aliphatic carbocycles. The zero-order valence-electron chi connectivity index (χ0n) is 15.5. The van der Waals surface area contributed by atoms with Gasteiger partial charge in [0.1, 0.15) is 0 Å². The number of aromatic nitrogens is 4. The second kappa shape index (κ2) is 5.84. The summed E-state index contributed by atoms with van der Waals surface area (Å²) in [5.74, 6) is 0.689. The lowest BCUT2D eigenvalue weighted by molar-refractivity contribution is 0.170. The lowest BCUT2D eigenvalue weighted by atomic mass is 9.80. The average molecular weight is 328 g/mol. The molecule has 1 fully saturated rings. The maximum absolute atomic E-state index is 4.71. The van der Waals surface area contributed by atoms with Crippen LogP contribution in [-0.4, -0.2) is 36.9 Å². The smallest absolute Gasteiger partial charge is 0.223 e. The van der Waals surface area contributed by atoms with E-state index in [1.165, 1.54) is 0 Å². The van der Waals surface area contributed by atoms with Crippen molar-refractivity contribution >= 4 is 5.95 Å². The molecule has 0 bridgehead atoms. The molecule has 6 nitrogen and oxygen atoms in total. The van der Waals surface area contributed by atoms with Crippen LogP contribution in [0.3, 0.4) is 0 Å². The molecule has 0 aromatic carbocycles. The highest BCUT2D eigenvalue weighted by atomic mass is 15.3. The summed E-state index contributed by atoms with van der Waals surface area (Å²) in [6.07, 6.45) is 5.89. The van der Waals surface area contributed by atoms with Gasteiger partial charge in [-0.3, -0.25) is 4.68 Å². The highest BCUT2D eigenvalue weighted by Gasteiger charge is 2.37. The summed E-state index contributed by atoms with van der Waals surface area (Å²) in [6, 6.07) is 2.28. The Balaban J connectivity index is 1.81. The normalized spacial score (nSPS) is 20.1. The van der Waals surface area contributed by atoms with Crippen molar-refractivity contribution in [3.05, 3.63) is 24.2 Å². The van der Waals surface area contributed by atoms with Crippen LogP contribution in [0.25, 0.3) is 11.3 Å². The van der Waals surface area contributed by atoms with Crippen molar-refractivity contribution in [2.75, 3.05) is 5.32 Å². The van der Waals surface area contributed by atoms with Crippen LogP contribution in [0.2, 0.25) is 0 Å². The Morgan fingerprint density at radius 3 is 2.46 bits per heavy atom. The molecule has 6 heteroatoms. The summed E-state index contributed by atoms with van der Waals surface area (Å²) in [7, 11) is 1.93. The monoisotopic (exact) mass is 328 g/mol. The van der Waals surface area contributed by atoms with E-state index in [1.807, 2.05) is 37.1 Å². The van der Waals surface area contributed by atoms with Gasteiger partial charge >= 0.3 is 0 Å². The lowest BCUT2D eigenvalue weighted by Gasteiger charge is -2.46. The first-order chi connectivity index (χ1) is 11.1. The predicted molar refractivity (Wildman–Crippen MR) is 96.9 cm³/mol. The molecule has 3 heterocycles. The second-order valence-corrected chi connectivity index (χ2v) is 8.21. The van der Waals surface area contributed by atoms with Crippen molar-refractivity contribution in [3.8, 4) is 11.3 Å². The Hall–Kier alpha value is -1.95. The van der Waals surface area contributed by atoms with E-state index < -0.39 is 0 Å². The third-order valence-electron chi connectivity index (χ3n) is 4.47. The van der Waals surface area contributed by atoms with E-state index in [-0.39, 0.29) is 11.1 Å². The summed E-state index contributed by atoms with van der Waals surface area (Å²) >= 11 is 0. The molecule has 3 rings (SSSR count). The minimum absolute atomic E-state index is 0.0942. The molecule has 0 amide bonds. The van der Waals surface area contributed by atoms with Crippen molar-refractivity contribution in [3.63, 3.8) is 0 Å². The first-order valence-electron chi connectivity index (χ1n) is 8.53. The van der Waals surface area contributed by atoms with Gasteiger partial charge in [0.2, 0.25) is 5.95 Å². The van der Waals surface area contributed by atoms with E-state index in [0.29, 0.717) is 12.0 Å². The third kappa shape index (κ3) is 3.75. The van der Waals surface area contributed by atoms with Gasteiger partial charge in [-0.25, -0.2) is 9.97 Å². The summed E-state index contributed by atoms with van der Waals surface area (Å²) < 4.78 is 1.82. The van der Waals surface area contributed by atoms with Crippen molar-refractivity contribution in [1.29, 1.82) is 0 Å². The van der Waals surface area contributed by atoms with Gasteiger partial charge < -0.3 is 10.6 Å². The molecule has 24 heavy (non-hydrogen) atoms. The zero-order chi connectivity index (χ0) is 17.5. The van der Waals surface area contributed by atoms with E-state index in [0.717, 1.165) is 29.8 Å². The fourth-order valence-corrected chi connectivity index (χ4v) is 4.04. The van der Waals surface area contributed by atoms with E-state index in [9.17, 15) is 0 Å². The Bertz CT molecular complexity index is 715. The molecule has 2 aromatic heterocycles. The fraction of sp³-hybridized carbons (Fsp3) is 0.611. The highest BCUT2D eigenvalue weighted by molar-refractivity contribution is 5.61. The van der Waals surface area contributed by atoms with Crippen molar-refractivity contribution < 1.29 is 0 Å². The number of nitrogens with one attached hydrogen (secondary N) is 2. The van der Waals surface area contributed by atoms with E-state index in [1.54, 1.807) is 0 Å². The molecule has 2 aromatic rings. The number of rotatable bonds is 3. The topological polar surface area (TPSA) is 67.7 Å². The van der Waals surface area contributed by atoms with E-state index >= 15 is 0 Å². The number of hydrogen-bond donors (Lipinski definition) is 2. The molecule has 0 atom stereocenters. The molecular formula is C18H28N6. The van der Waals surface area contributed by atoms with Crippen LogP contribution in [0, 0.1) is 6.92 Å². The Morgan fingerprint density at radius 1 is 1.21 bits per heavy atom. The van der Waals surface area contributed by atoms with Gasteiger partial charge in [-0.2, -0.15) is 5.10 Å². The van der Waals surface area contributed by atoms with Gasteiger partial charge in [-0.05, 0) is 53.5 Å². The first kappa shape index (κ1) is 16.9. The number of aryl methyl sites for hydroxylation is 2. The maximum Gasteiger partial charge on any atom is 0.223 e. The number of piperidine rings is 1. The molecule has 0 spiro atoms. The molecule has 130 valence electrons. The van der Waals surface area contributed by atoms with Crippen LogP contribution in [-0.2, 0) is 7.05 Å². The van der Waals surface area contributed by atoms with Crippen molar-refractivity contribution in [2.45, 2.75) is 64.6 Å². The molecule has 0 unspecified atom stereocenters.